The molecule has 16 heavy (non-hydrogen) atoms. The van der Waals surface area contributed by atoms with Crippen molar-refractivity contribution in [3.63, 3.8) is 0 Å². The third kappa shape index (κ3) is 1.92. The van der Waals surface area contributed by atoms with Crippen LogP contribution in [0.3, 0.4) is 0 Å². The molecule has 1 heterocycles. The molecule has 1 aromatic rings. The summed E-state index contributed by atoms with van der Waals surface area (Å²) in [4.78, 5) is 11.3. The van der Waals surface area contributed by atoms with Gasteiger partial charge in [-0.05, 0) is 18.4 Å². The summed E-state index contributed by atoms with van der Waals surface area (Å²) in [6, 6.07) is 12.2. The van der Waals surface area contributed by atoms with E-state index >= 15 is 0 Å². The van der Waals surface area contributed by atoms with Gasteiger partial charge in [-0.1, -0.05) is 30.3 Å². The number of carbonyl (C=O) groups excluding carboxylic acids is 1. The predicted octanol–water partition coefficient (Wildman–Crippen LogP) is 1.75. The molecule has 1 fully saturated rings. The van der Waals surface area contributed by atoms with E-state index in [0.29, 0.717) is 25.8 Å². The Bertz CT molecular complexity index is 421. The summed E-state index contributed by atoms with van der Waals surface area (Å²) < 4.78 is 0. The number of nitrogens with zero attached hydrogens (tertiary/aromatic N) is 1. The molecule has 3 nitrogen and oxygen atoms in total. The Morgan fingerprint density at radius 3 is 2.69 bits per heavy atom. The lowest BCUT2D eigenvalue weighted by molar-refractivity contribution is -0.120. The first kappa shape index (κ1) is 10.7. The van der Waals surface area contributed by atoms with Crippen molar-refractivity contribution >= 4 is 5.91 Å². The first-order chi connectivity index (χ1) is 7.77. The maximum atomic E-state index is 11.3. The van der Waals surface area contributed by atoms with Gasteiger partial charge >= 0.3 is 0 Å². The highest BCUT2D eigenvalue weighted by Gasteiger charge is 2.34. The van der Waals surface area contributed by atoms with Crippen LogP contribution in [-0.2, 0) is 10.2 Å². The Kier molecular flexibility index (Phi) is 2.91. The van der Waals surface area contributed by atoms with Crippen LogP contribution in [0.5, 0.6) is 0 Å². The van der Waals surface area contributed by atoms with E-state index in [2.05, 4.69) is 11.4 Å². The summed E-state index contributed by atoms with van der Waals surface area (Å²) in [6.45, 7) is 0.585. The Labute approximate surface area is 95.1 Å². The van der Waals surface area contributed by atoms with Gasteiger partial charge in [0, 0.05) is 13.0 Å². The highest BCUT2D eigenvalue weighted by atomic mass is 16.1. The minimum absolute atomic E-state index is 0.0491. The molecule has 1 aromatic carbocycles. The number of nitrogens with one attached hydrogen (secondary N) is 1. The maximum absolute atomic E-state index is 11.3. The molecule has 0 aliphatic carbocycles. The van der Waals surface area contributed by atoms with Crippen LogP contribution in [-0.4, -0.2) is 12.5 Å². The van der Waals surface area contributed by atoms with Crippen LogP contribution in [0.15, 0.2) is 30.3 Å². The van der Waals surface area contributed by atoms with Crippen molar-refractivity contribution in [3.05, 3.63) is 35.9 Å². The lowest BCUT2D eigenvalue weighted by Gasteiger charge is -2.24. The molecule has 0 bridgehead atoms. The molecule has 0 aromatic heterocycles. The third-order valence-corrected chi connectivity index (χ3v) is 3.19. The summed E-state index contributed by atoms with van der Waals surface area (Å²) in [6.07, 6.45) is 1.74. The standard InChI is InChI=1S/C13H14N2O/c14-10-13(11-4-2-1-3-5-11)7-6-12(16)15-9-8-13/h1-5H,6-9H2,(H,15,16)/t13-/m1/s1. The van der Waals surface area contributed by atoms with Crippen molar-refractivity contribution in [2.75, 3.05) is 6.54 Å². The Morgan fingerprint density at radius 1 is 1.25 bits per heavy atom. The quantitative estimate of drug-likeness (QED) is 0.774. The van der Waals surface area contributed by atoms with Crippen LogP contribution in [0, 0.1) is 11.3 Å². The minimum Gasteiger partial charge on any atom is -0.356 e. The second kappa shape index (κ2) is 4.36. The van der Waals surface area contributed by atoms with Gasteiger partial charge in [0.15, 0.2) is 0 Å². The monoisotopic (exact) mass is 214 g/mol. The van der Waals surface area contributed by atoms with Crippen molar-refractivity contribution in [1.29, 1.82) is 5.26 Å². The number of hydrogen-bond donors (Lipinski definition) is 1. The predicted molar refractivity (Wildman–Crippen MR) is 60.6 cm³/mol. The third-order valence-electron chi connectivity index (χ3n) is 3.19. The zero-order valence-electron chi connectivity index (χ0n) is 9.07. The van der Waals surface area contributed by atoms with Gasteiger partial charge in [-0.15, -0.1) is 0 Å². The first-order valence-corrected chi connectivity index (χ1v) is 5.50. The van der Waals surface area contributed by atoms with Gasteiger partial charge in [-0.2, -0.15) is 5.26 Å². The molecule has 1 saturated heterocycles. The Morgan fingerprint density at radius 2 is 2.00 bits per heavy atom. The highest BCUT2D eigenvalue weighted by molar-refractivity contribution is 5.76. The van der Waals surface area contributed by atoms with Crippen molar-refractivity contribution in [1.82, 2.24) is 5.32 Å². The summed E-state index contributed by atoms with van der Waals surface area (Å²) in [5, 5.41) is 12.2. The van der Waals surface area contributed by atoms with Crippen molar-refractivity contribution in [2.24, 2.45) is 0 Å². The SMILES string of the molecule is N#C[C@]1(c2ccccc2)CCNC(=O)CC1. The number of carbonyl (C=O) groups is 1. The van der Waals surface area contributed by atoms with Crippen molar-refractivity contribution in [2.45, 2.75) is 24.7 Å². The van der Waals surface area contributed by atoms with E-state index in [-0.39, 0.29) is 5.91 Å². The van der Waals surface area contributed by atoms with Crippen LogP contribution >= 0.6 is 0 Å². The molecular formula is C13H14N2O. The van der Waals surface area contributed by atoms with E-state index in [0.717, 1.165) is 5.56 Å². The van der Waals surface area contributed by atoms with E-state index in [1.54, 1.807) is 0 Å². The Hall–Kier alpha value is -1.82. The lowest BCUT2D eigenvalue weighted by Crippen LogP contribution is -2.26. The zero-order valence-corrected chi connectivity index (χ0v) is 9.07. The van der Waals surface area contributed by atoms with Crippen molar-refractivity contribution in [3.8, 4) is 6.07 Å². The van der Waals surface area contributed by atoms with Gasteiger partial charge in [0.2, 0.25) is 5.91 Å². The fourth-order valence-corrected chi connectivity index (χ4v) is 2.18. The van der Waals surface area contributed by atoms with E-state index < -0.39 is 5.41 Å². The van der Waals surface area contributed by atoms with Gasteiger partial charge in [0.05, 0.1) is 11.5 Å². The summed E-state index contributed by atoms with van der Waals surface area (Å²) >= 11 is 0. The van der Waals surface area contributed by atoms with Gasteiger partial charge in [-0.3, -0.25) is 4.79 Å². The van der Waals surface area contributed by atoms with Crippen LogP contribution in [0.25, 0.3) is 0 Å². The maximum Gasteiger partial charge on any atom is 0.220 e. The molecule has 0 radical (unpaired) electrons. The number of benzene rings is 1. The van der Waals surface area contributed by atoms with E-state index in [4.69, 9.17) is 0 Å². The number of amides is 1. The zero-order chi connectivity index (χ0) is 11.4. The highest BCUT2D eigenvalue weighted by Crippen LogP contribution is 2.33. The van der Waals surface area contributed by atoms with Crippen LogP contribution in [0.4, 0.5) is 0 Å². The number of nitriles is 1. The second-order valence-electron chi connectivity index (χ2n) is 4.16. The molecule has 0 spiro atoms. The topological polar surface area (TPSA) is 52.9 Å². The largest absolute Gasteiger partial charge is 0.356 e. The molecule has 0 unspecified atom stereocenters. The molecule has 1 atom stereocenters. The molecule has 82 valence electrons. The molecule has 0 saturated carbocycles. The molecule has 3 heteroatoms. The van der Waals surface area contributed by atoms with E-state index in [1.165, 1.54) is 0 Å². The smallest absolute Gasteiger partial charge is 0.220 e. The molecule has 1 aliphatic rings. The number of hydrogen-bond acceptors (Lipinski definition) is 2. The molecule has 2 rings (SSSR count). The minimum atomic E-state index is -0.500. The number of rotatable bonds is 1. The molecule has 1 amide bonds. The molecule has 1 aliphatic heterocycles. The first-order valence-electron chi connectivity index (χ1n) is 5.50. The average molecular weight is 214 g/mol. The van der Waals surface area contributed by atoms with Gasteiger partial charge < -0.3 is 5.32 Å². The van der Waals surface area contributed by atoms with Crippen LogP contribution in [0.1, 0.15) is 24.8 Å². The molecule has 1 N–H and O–H groups in total. The fraction of sp³-hybridized carbons (Fsp3) is 0.385. The summed E-state index contributed by atoms with van der Waals surface area (Å²) in [5.41, 5.74) is 0.523. The summed E-state index contributed by atoms with van der Waals surface area (Å²) in [5.74, 6) is 0.0491. The van der Waals surface area contributed by atoms with Gasteiger partial charge in [0.1, 0.15) is 0 Å². The normalized spacial score (nSPS) is 25.3. The summed E-state index contributed by atoms with van der Waals surface area (Å²) in [7, 11) is 0. The van der Waals surface area contributed by atoms with Crippen molar-refractivity contribution < 1.29 is 4.79 Å². The second-order valence-corrected chi connectivity index (χ2v) is 4.16. The van der Waals surface area contributed by atoms with Gasteiger partial charge in [0.25, 0.3) is 0 Å². The fourth-order valence-electron chi connectivity index (χ4n) is 2.18. The Balaban J connectivity index is 2.33. The van der Waals surface area contributed by atoms with Gasteiger partial charge in [-0.25, -0.2) is 0 Å². The average Bonchev–Trinajstić information content (AvgIpc) is 2.53. The van der Waals surface area contributed by atoms with E-state index in [1.807, 2.05) is 30.3 Å². The van der Waals surface area contributed by atoms with Crippen LogP contribution < -0.4 is 5.32 Å². The lowest BCUT2D eigenvalue weighted by atomic mass is 9.76. The van der Waals surface area contributed by atoms with E-state index in [9.17, 15) is 10.1 Å². The molecular weight excluding hydrogens is 200 g/mol. The van der Waals surface area contributed by atoms with Crippen LogP contribution in [0.2, 0.25) is 0 Å².